The third-order valence-electron chi connectivity index (χ3n) is 2.33. The van der Waals surface area contributed by atoms with Crippen molar-refractivity contribution in [3.63, 3.8) is 0 Å². The summed E-state index contributed by atoms with van der Waals surface area (Å²) in [5.74, 6) is -0.910. The lowest BCUT2D eigenvalue weighted by atomic mass is 10.1. The summed E-state index contributed by atoms with van der Waals surface area (Å²) in [5, 5.41) is 11.8. The van der Waals surface area contributed by atoms with E-state index in [0.29, 0.717) is 6.42 Å². The van der Waals surface area contributed by atoms with Gasteiger partial charge in [-0.25, -0.2) is 0 Å². The molecule has 0 aromatic heterocycles. The van der Waals surface area contributed by atoms with E-state index in [1.54, 1.807) is 0 Å². The fraction of sp³-hybridized carbons (Fsp3) is 0.727. The quantitative estimate of drug-likeness (QED) is 0.418. The number of hydrogen-bond acceptors (Lipinski definition) is 3. The van der Waals surface area contributed by atoms with Crippen molar-refractivity contribution in [2.45, 2.75) is 39.2 Å². The van der Waals surface area contributed by atoms with Crippen molar-refractivity contribution in [1.29, 1.82) is 0 Å². The van der Waals surface area contributed by atoms with Crippen LogP contribution in [0.3, 0.4) is 0 Å². The maximum Gasteiger partial charge on any atom is 0.320 e. The lowest BCUT2D eigenvalue weighted by Gasteiger charge is -2.07. The number of carboxylic acid groups (broad SMARTS) is 1. The van der Waals surface area contributed by atoms with Gasteiger partial charge in [-0.2, -0.15) is 0 Å². The second kappa shape index (κ2) is 8.44. The van der Waals surface area contributed by atoms with Crippen LogP contribution in [0.1, 0.15) is 33.1 Å². The van der Waals surface area contributed by atoms with Crippen LogP contribution in [0, 0.1) is 0 Å². The summed E-state index contributed by atoms with van der Waals surface area (Å²) in [6.45, 7) is 5.91. The Bertz CT molecular complexity index is 215. The minimum absolute atomic E-state index is 0.555. The average molecular weight is 214 g/mol. The fourth-order valence-electron chi connectivity index (χ4n) is 1.13. The van der Waals surface area contributed by atoms with Crippen molar-refractivity contribution < 1.29 is 9.90 Å². The molecule has 0 aliphatic carbocycles. The number of allylic oxidation sites excluding steroid dienone is 1. The molecule has 0 saturated carbocycles. The first-order valence-corrected chi connectivity index (χ1v) is 5.38. The van der Waals surface area contributed by atoms with E-state index in [-0.39, 0.29) is 0 Å². The van der Waals surface area contributed by atoms with Crippen molar-refractivity contribution in [3.05, 3.63) is 11.6 Å². The summed E-state index contributed by atoms with van der Waals surface area (Å²) in [6.07, 6.45) is 4.46. The van der Waals surface area contributed by atoms with Crippen molar-refractivity contribution in [3.8, 4) is 0 Å². The Morgan fingerprint density at radius 1 is 1.53 bits per heavy atom. The number of rotatable bonds is 8. The zero-order chi connectivity index (χ0) is 11.7. The summed E-state index contributed by atoms with van der Waals surface area (Å²) >= 11 is 0. The highest BCUT2D eigenvalue weighted by molar-refractivity contribution is 5.72. The van der Waals surface area contributed by atoms with Gasteiger partial charge in [0.1, 0.15) is 6.04 Å². The van der Waals surface area contributed by atoms with E-state index in [2.05, 4.69) is 18.3 Å². The number of carbonyl (C=O) groups is 1. The monoisotopic (exact) mass is 214 g/mol. The predicted octanol–water partition coefficient (Wildman–Crippen LogP) is 1.12. The molecule has 0 aliphatic rings. The Labute approximate surface area is 91.5 Å². The van der Waals surface area contributed by atoms with Crippen LogP contribution in [0.2, 0.25) is 0 Å². The van der Waals surface area contributed by atoms with E-state index in [0.717, 1.165) is 25.9 Å². The van der Waals surface area contributed by atoms with Crippen LogP contribution in [0.15, 0.2) is 11.6 Å². The zero-order valence-corrected chi connectivity index (χ0v) is 9.62. The van der Waals surface area contributed by atoms with Gasteiger partial charge < -0.3 is 16.2 Å². The number of aliphatic carboxylic acids is 1. The molecule has 4 nitrogen and oxygen atoms in total. The van der Waals surface area contributed by atoms with Gasteiger partial charge in [-0.3, -0.25) is 4.79 Å². The van der Waals surface area contributed by atoms with Crippen LogP contribution in [-0.4, -0.2) is 30.2 Å². The van der Waals surface area contributed by atoms with Crippen LogP contribution in [-0.2, 0) is 4.79 Å². The number of hydrogen-bond donors (Lipinski definition) is 3. The molecule has 15 heavy (non-hydrogen) atoms. The van der Waals surface area contributed by atoms with Crippen LogP contribution < -0.4 is 11.1 Å². The largest absolute Gasteiger partial charge is 0.480 e. The molecule has 0 aromatic rings. The van der Waals surface area contributed by atoms with Crippen LogP contribution in [0.25, 0.3) is 0 Å². The van der Waals surface area contributed by atoms with Gasteiger partial charge >= 0.3 is 5.97 Å². The standard InChI is InChI=1S/C11H22N2O2/c1-3-9(2)8-13-7-5-4-6-10(12)11(14)15/h3,10,13H,4-8,12H2,1-2H3,(H,14,15)/b9-3-. The molecule has 0 radical (unpaired) electrons. The Balaban J connectivity index is 3.29. The third-order valence-corrected chi connectivity index (χ3v) is 2.33. The van der Waals surface area contributed by atoms with Gasteiger partial charge in [-0.15, -0.1) is 0 Å². The van der Waals surface area contributed by atoms with E-state index in [1.807, 2.05) is 6.92 Å². The molecule has 4 N–H and O–H groups in total. The van der Waals surface area contributed by atoms with E-state index >= 15 is 0 Å². The van der Waals surface area contributed by atoms with E-state index in [1.165, 1.54) is 5.57 Å². The second-order valence-corrected chi connectivity index (χ2v) is 3.75. The lowest BCUT2D eigenvalue weighted by Crippen LogP contribution is -2.30. The molecule has 0 spiro atoms. The second-order valence-electron chi connectivity index (χ2n) is 3.75. The summed E-state index contributed by atoms with van der Waals surface area (Å²) in [5.41, 5.74) is 6.69. The minimum atomic E-state index is -0.910. The van der Waals surface area contributed by atoms with Gasteiger partial charge in [0, 0.05) is 6.54 Å². The number of carboxylic acids is 1. The molecule has 1 unspecified atom stereocenters. The zero-order valence-electron chi connectivity index (χ0n) is 9.62. The highest BCUT2D eigenvalue weighted by Crippen LogP contribution is 1.98. The van der Waals surface area contributed by atoms with Gasteiger partial charge in [-0.05, 0) is 33.2 Å². The molecule has 0 rings (SSSR count). The van der Waals surface area contributed by atoms with Gasteiger partial charge in [-0.1, -0.05) is 18.1 Å². The summed E-state index contributed by atoms with van der Waals surface area (Å²) in [7, 11) is 0. The molecule has 0 heterocycles. The highest BCUT2D eigenvalue weighted by atomic mass is 16.4. The first-order valence-electron chi connectivity index (χ1n) is 5.38. The molecule has 0 fully saturated rings. The van der Waals surface area contributed by atoms with E-state index in [4.69, 9.17) is 10.8 Å². The average Bonchev–Trinajstić information content (AvgIpc) is 2.22. The maximum atomic E-state index is 10.4. The highest BCUT2D eigenvalue weighted by Gasteiger charge is 2.09. The molecular weight excluding hydrogens is 192 g/mol. The topological polar surface area (TPSA) is 75.3 Å². The normalized spacial score (nSPS) is 13.9. The van der Waals surface area contributed by atoms with Gasteiger partial charge in [0.25, 0.3) is 0 Å². The lowest BCUT2D eigenvalue weighted by molar-refractivity contribution is -0.138. The molecule has 88 valence electrons. The molecular formula is C11H22N2O2. The molecule has 1 atom stereocenters. The summed E-state index contributed by atoms with van der Waals surface area (Å²) < 4.78 is 0. The Hall–Kier alpha value is -0.870. The molecule has 4 heteroatoms. The van der Waals surface area contributed by atoms with Crippen molar-refractivity contribution in [1.82, 2.24) is 5.32 Å². The molecule has 0 bridgehead atoms. The van der Waals surface area contributed by atoms with Crippen LogP contribution in [0.4, 0.5) is 0 Å². The molecule has 0 aliphatic heterocycles. The predicted molar refractivity (Wildman–Crippen MR) is 61.8 cm³/mol. The smallest absolute Gasteiger partial charge is 0.320 e. The van der Waals surface area contributed by atoms with Gasteiger partial charge in [0.15, 0.2) is 0 Å². The van der Waals surface area contributed by atoms with E-state index in [9.17, 15) is 4.79 Å². The van der Waals surface area contributed by atoms with Crippen LogP contribution >= 0.6 is 0 Å². The summed E-state index contributed by atoms with van der Waals surface area (Å²) in [4.78, 5) is 10.4. The van der Waals surface area contributed by atoms with E-state index < -0.39 is 12.0 Å². The first kappa shape index (κ1) is 14.1. The van der Waals surface area contributed by atoms with Crippen molar-refractivity contribution >= 4 is 5.97 Å². The van der Waals surface area contributed by atoms with Crippen molar-refractivity contribution in [2.24, 2.45) is 5.73 Å². The molecule has 0 amide bonds. The number of nitrogens with one attached hydrogen (secondary N) is 1. The first-order chi connectivity index (χ1) is 7.07. The van der Waals surface area contributed by atoms with Crippen LogP contribution in [0.5, 0.6) is 0 Å². The Morgan fingerprint density at radius 3 is 2.73 bits per heavy atom. The number of unbranched alkanes of at least 4 members (excludes halogenated alkanes) is 1. The Morgan fingerprint density at radius 2 is 2.20 bits per heavy atom. The molecule has 0 aromatic carbocycles. The SMILES string of the molecule is C/C=C(/C)CNCCCCC(N)C(=O)O. The third kappa shape index (κ3) is 8.15. The summed E-state index contributed by atoms with van der Waals surface area (Å²) in [6, 6.07) is -0.706. The van der Waals surface area contributed by atoms with Crippen molar-refractivity contribution in [2.75, 3.05) is 13.1 Å². The maximum absolute atomic E-state index is 10.4. The minimum Gasteiger partial charge on any atom is -0.480 e. The van der Waals surface area contributed by atoms with Gasteiger partial charge in [0.2, 0.25) is 0 Å². The molecule has 0 saturated heterocycles. The number of nitrogens with two attached hydrogens (primary N) is 1. The fourth-order valence-corrected chi connectivity index (χ4v) is 1.13. The van der Waals surface area contributed by atoms with Gasteiger partial charge in [0.05, 0.1) is 0 Å². The Kier molecular flexibility index (Phi) is 7.95.